The summed E-state index contributed by atoms with van der Waals surface area (Å²) in [6, 6.07) is 0.549. The highest BCUT2D eigenvalue weighted by Gasteiger charge is 2.62. The average molecular weight is 563 g/mol. The zero-order chi connectivity index (χ0) is 29.1. The quantitative estimate of drug-likeness (QED) is 0.249. The number of hydrogen-bond acceptors (Lipinski definition) is 7. The van der Waals surface area contributed by atoms with Crippen molar-refractivity contribution in [2.24, 2.45) is 57.8 Å². The molecular weight excluding hydrogens is 500 g/mol. The maximum Gasteiger partial charge on any atom is 0.306 e. The van der Waals surface area contributed by atoms with Crippen LogP contribution in [0.15, 0.2) is 0 Å². The molecule has 4 fully saturated rings. The van der Waals surface area contributed by atoms with Crippen LogP contribution in [0.4, 0.5) is 0 Å². The minimum atomic E-state index is -0.175. The molecule has 232 valence electrons. The Kier molecular flexibility index (Phi) is 11.0. The van der Waals surface area contributed by atoms with Crippen LogP contribution in [0.3, 0.4) is 0 Å². The third kappa shape index (κ3) is 6.74. The Morgan fingerprint density at radius 1 is 0.975 bits per heavy atom. The Morgan fingerprint density at radius 3 is 2.33 bits per heavy atom. The number of carbonyl (C=O) groups is 1. The molecular formula is C33H62N4O3. The zero-order valence-corrected chi connectivity index (χ0v) is 26.4. The van der Waals surface area contributed by atoms with Gasteiger partial charge in [-0.25, -0.2) is 0 Å². The molecule has 7 heteroatoms. The topological polar surface area (TPSA) is 114 Å². The molecule has 4 rings (SSSR count). The van der Waals surface area contributed by atoms with Gasteiger partial charge in [-0.2, -0.15) is 0 Å². The summed E-state index contributed by atoms with van der Waals surface area (Å²) >= 11 is 0. The standard InChI is InChI=1S/C33H62N4O3/c1-22(2)40-30(39)9-6-23(3)26-7-8-27-31-28(11-13-33(26,27)5)32(4)12-10-25(20-24(32)21-29(31)38)36-16-19-37(17-14-34)18-15-35/h22-29,31,36,38H,6-21,34-35H2,1-5H3/t23-,24?,25+,26?,27?,28?,29+,31?,32+,33-/m1/s1. The second kappa shape index (κ2) is 13.7. The van der Waals surface area contributed by atoms with Gasteiger partial charge in [0.2, 0.25) is 0 Å². The van der Waals surface area contributed by atoms with E-state index in [4.69, 9.17) is 16.2 Å². The summed E-state index contributed by atoms with van der Waals surface area (Å²) in [5.41, 5.74) is 12.2. The third-order valence-corrected chi connectivity index (χ3v) is 12.4. The molecule has 0 radical (unpaired) electrons. The number of carbonyl (C=O) groups excluding carboxylic acids is 1. The Bertz CT molecular complexity index is 820. The van der Waals surface area contributed by atoms with Gasteiger partial charge in [0.15, 0.2) is 0 Å². The number of nitrogens with one attached hydrogen (secondary N) is 1. The number of aliphatic hydroxyl groups excluding tert-OH is 1. The molecule has 0 aromatic rings. The fourth-order valence-corrected chi connectivity index (χ4v) is 10.4. The highest BCUT2D eigenvalue weighted by atomic mass is 16.5. The van der Waals surface area contributed by atoms with Gasteiger partial charge in [-0.1, -0.05) is 20.8 Å². The highest BCUT2D eigenvalue weighted by molar-refractivity contribution is 5.69. The van der Waals surface area contributed by atoms with Crippen molar-refractivity contribution in [3.63, 3.8) is 0 Å². The first-order valence-corrected chi connectivity index (χ1v) is 16.8. The molecule has 5 unspecified atom stereocenters. The molecule has 4 saturated carbocycles. The number of esters is 1. The van der Waals surface area contributed by atoms with E-state index in [1.54, 1.807) is 0 Å². The van der Waals surface area contributed by atoms with Gasteiger partial charge >= 0.3 is 5.97 Å². The molecule has 0 spiro atoms. The van der Waals surface area contributed by atoms with Crippen LogP contribution in [0, 0.1) is 46.3 Å². The predicted molar refractivity (Wildman–Crippen MR) is 163 cm³/mol. The van der Waals surface area contributed by atoms with Gasteiger partial charge in [-0.15, -0.1) is 0 Å². The molecule has 40 heavy (non-hydrogen) atoms. The van der Waals surface area contributed by atoms with E-state index in [-0.39, 0.29) is 23.6 Å². The Morgan fingerprint density at radius 2 is 1.65 bits per heavy atom. The summed E-state index contributed by atoms with van der Waals surface area (Å²) < 4.78 is 5.41. The molecule has 0 bridgehead atoms. The van der Waals surface area contributed by atoms with Crippen molar-refractivity contribution in [1.29, 1.82) is 0 Å². The van der Waals surface area contributed by atoms with Gasteiger partial charge in [0.05, 0.1) is 12.2 Å². The molecule has 0 aromatic heterocycles. The number of ether oxygens (including phenoxy) is 1. The number of fused-ring (bicyclic) bond motifs is 5. The van der Waals surface area contributed by atoms with Crippen molar-refractivity contribution in [3.8, 4) is 0 Å². The Balaban J connectivity index is 1.35. The summed E-state index contributed by atoms with van der Waals surface area (Å²) in [6.07, 6.45) is 10.9. The smallest absolute Gasteiger partial charge is 0.306 e. The number of rotatable bonds is 13. The van der Waals surface area contributed by atoms with Crippen molar-refractivity contribution in [1.82, 2.24) is 10.2 Å². The van der Waals surface area contributed by atoms with E-state index in [0.717, 1.165) is 39.0 Å². The minimum Gasteiger partial charge on any atom is -0.463 e. The van der Waals surface area contributed by atoms with Crippen LogP contribution in [0.2, 0.25) is 0 Å². The summed E-state index contributed by atoms with van der Waals surface area (Å²) in [7, 11) is 0. The van der Waals surface area contributed by atoms with Gasteiger partial charge in [0.25, 0.3) is 0 Å². The average Bonchev–Trinajstić information content (AvgIpc) is 3.25. The van der Waals surface area contributed by atoms with Crippen LogP contribution in [0.5, 0.6) is 0 Å². The molecule has 6 N–H and O–H groups in total. The Hall–Kier alpha value is -0.730. The molecule has 4 aliphatic carbocycles. The van der Waals surface area contributed by atoms with Crippen molar-refractivity contribution in [2.75, 3.05) is 39.3 Å². The summed E-state index contributed by atoms with van der Waals surface area (Å²) in [4.78, 5) is 14.6. The van der Waals surface area contributed by atoms with E-state index < -0.39 is 0 Å². The molecule has 10 atom stereocenters. The first-order valence-electron chi connectivity index (χ1n) is 16.8. The van der Waals surface area contributed by atoms with Crippen molar-refractivity contribution < 1.29 is 14.6 Å². The normalized spacial score (nSPS) is 40.0. The van der Waals surface area contributed by atoms with Gasteiger partial charge in [0.1, 0.15) is 0 Å². The molecule has 0 saturated heterocycles. The second-order valence-electron chi connectivity index (χ2n) is 14.9. The van der Waals surface area contributed by atoms with Crippen LogP contribution in [-0.4, -0.2) is 73.5 Å². The largest absolute Gasteiger partial charge is 0.463 e. The maximum atomic E-state index is 12.2. The first-order chi connectivity index (χ1) is 19.0. The summed E-state index contributed by atoms with van der Waals surface area (Å²) in [5, 5.41) is 15.6. The van der Waals surface area contributed by atoms with Gasteiger partial charge in [0, 0.05) is 51.7 Å². The van der Waals surface area contributed by atoms with Crippen molar-refractivity contribution >= 4 is 5.97 Å². The first kappa shape index (κ1) is 32.2. The van der Waals surface area contributed by atoms with Crippen LogP contribution in [0.1, 0.15) is 98.8 Å². The van der Waals surface area contributed by atoms with E-state index in [1.807, 2.05) is 13.8 Å². The second-order valence-corrected chi connectivity index (χ2v) is 14.9. The van der Waals surface area contributed by atoms with Crippen molar-refractivity contribution in [3.05, 3.63) is 0 Å². The number of aliphatic hydroxyl groups is 1. The number of hydrogen-bond donors (Lipinski definition) is 4. The summed E-state index contributed by atoms with van der Waals surface area (Å²) in [6.45, 7) is 16.5. The molecule has 0 aromatic carbocycles. The SMILES string of the molecule is CC(C)OC(=O)CC[C@@H](C)C1CCC2C3C(CC[C@@]21C)[C@@]1(C)CC[C@H](NCCN(CCN)CCN)CC1C[C@@H]3O. The monoisotopic (exact) mass is 562 g/mol. The third-order valence-electron chi connectivity index (χ3n) is 12.4. The lowest BCUT2D eigenvalue weighted by molar-refractivity contribution is -0.167. The summed E-state index contributed by atoms with van der Waals surface area (Å²) in [5.74, 6) is 3.39. The van der Waals surface area contributed by atoms with Gasteiger partial charge in [-0.3, -0.25) is 9.69 Å². The molecule has 0 amide bonds. The van der Waals surface area contributed by atoms with Crippen LogP contribution < -0.4 is 16.8 Å². The fourth-order valence-electron chi connectivity index (χ4n) is 10.4. The maximum absolute atomic E-state index is 12.2. The number of nitrogens with two attached hydrogens (primary N) is 2. The number of nitrogens with zero attached hydrogens (tertiary/aromatic N) is 1. The lowest BCUT2D eigenvalue weighted by atomic mass is 9.43. The lowest BCUT2D eigenvalue weighted by Crippen LogP contribution is -2.59. The van der Waals surface area contributed by atoms with E-state index >= 15 is 0 Å². The minimum absolute atomic E-state index is 0.0386. The molecule has 0 aliphatic heterocycles. The van der Waals surface area contributed by atoms with E-state index in [9.17, 15) is 9.90 Å². The highest BCUT2D eigenvalue weighted by Crippen LogP contribution is 2.68. The van der Waals surface area contributed by atoms with Gasteiger partial charge in [-0.05, 0) is 118 Å². The fraction of sp³-hybridized carbons (Fsp3) is 0.970. The molecule has 7 nitrogen and oxygen atoms in total. The molecule has 0 heterocycles. The van der Waals surface area contributed by atoms with E-state index in [2.05, 4.69) is 31.0 Å². The Labute approximate surface area is 244 Å². The van der Waals surface area contributed by atoms with E-state index in [0.29, 0.717) is 66.5 Å². The van der Waals surface area contributed by atoms with Crippen LogP contribution in [0.25, 0.3) is 0 Å². The zero-order valence-electron chi connectivity index (χ0n) is 26.4. The van der Waals surface area contributed by atoms with Gasteiger partial charge < -0.3 is 26.6 Å². The van der Waals surface area contributed by atoms with E-state index in [1.165, 1.54) is 44.9 Å². The lowest BCUT2D eigenvalue weighted by Gasteiger charge is -2.62. The predicted octanol–water partition coefficient (Wildman–Crippen LogP) is 4.16. The van der Waals surface area contributed by atoms with Crippen LogP contribution in [-0.2, 0) is 9.53 Å². The van der Waals surface area contributed by atoms with Crippen LogP contribution >= 0.6 is 0 Å². The van der Waals surface area contributed by atoms with Crippen molar-refractivity contribution in [2.45, 2.75) is 117 Å². The molecule has 4 aliphatic rings.